The van der Waals surface area contributed by atoms with Crippen molar-refractivity contribution in [3.05, 3.63) is 64.8 Å². The number of benzene rings is 2. The Kier molecular flexibility index (Phi) is 4.98. The van der Waals surface area contributed by atoms with Crippen LogP contribution in [0.15, 0.2) is 42.5 Å². The first-order valence-electron chi connectivity index (χ1n) is 9.49. The lowest BCUT2D eigenvalue weighted by Crippen LogP contribution is -2.31. The summed E-state index contributed by atoms with van der Waals surface area (Å²) in [4.78, 5) is 14.8. The molecule has 1 amide bonds. The number of fused-ring (bicyclic) bond motifs is 1. The number of hydrogen-bond donors (Lipinski definition) is 3. The van der Waals surface area contributed by atoms with Gasteiger partial charge in [0.25, 0.3) is 5.91 Å². The fraction of sp³-hybridized carbons (Fsp3) is 0.273. The first-order chi connectivity index (χ1) is 14.0. The van der Waals surface area contributed by atoms with Crippen LogP contribution in [0.1, 0.15) is 39.6 Å². The Hall–Kier alpha value is -3.32. The largest absolute Gasteiger partial charge is 0.507 e. The number of hydrogen-bond acceptors (Lipinski definition) is 5. The SMILES string of the molecule is COc1ccc([C@H]2c3c(-c4cc(C)ccc4O)n[nH]c3C(=O)N2CCCO)cc1. The molecule has 7 nitrogen and oxygen atoms in total. The molecule has 3 N–H and O–H groups in total. The normalized spacial score (nSPS) is 15.6. The minimum absolute atomic E-state index is 0.00315. The van der Waals surface area contributed by atoms with Crippen LogP contribution >= 0.6 is 0 Å². The summed E-state index contributed by atoms with van der Waals surface area (Å²) < 4.78 is 5.26. The monoisotopic (exact) mass is 393 g/mol. The first-order valence-corrected chi connectivity index (χ1v) is 9.49. The van der Waals surface area contributed by atoms with Crippen molar-refractivity contribution in [1.82, 2.24) is 15.1 Å². The van der Waals surface area contributed by atoms with Gasteiger partial charge in [-0.05, 0) is 43.2 Å². The summed E-state index contributed by atoms with van der Waals surface area (Å²) in [7, 11) is 1.61. The Labute approximate surface area is 168 Å². The molecule has 1 aliphatic heterocycles. The predicted octanol–water partition coefficient (Wildman–Crippen LogP) is 3.03. The van der Waals surface area contributed by atoms with Crippen molar-refractivity contribution in [3.63, 3.8) is 0 Å². The van der Waals surface area contributed by atoms with E-state index in [1.165, 1.54) is 0 Å². The van der Waals surface area contributed by atoms with Gasteiger partial charge in [0.15, 0.2) is 0 Å². The first kappa shape index (κ1) is 19.0. The van der Waals surface area contributed by atoms with Gasteiger partial charge in [0.05, 0.1) is 13.2 Å². The van der Waals surface area contributed by atoms with Gasteiger partial charge < -0.3 is 19.8 Å². The number of aryl methyl sites for hydroxylation is 1. The zero-order chi connectivity index (χ0) is 20.5. The zero-order valence-corrected chi connectivity index (χ0v) is 16.3. The summed E-state index contributed by atoms with van der Waals surface area (Å²) in [6.07, 6.45) is 0.473. The minimum Gasteiger partial charge on any atom is -0.507 e. The average molecular weight is 393 g/mol. The number of aromatic nitrogens is 2. The smallest absolute Gasteiger partial charge is 0.273 e. The highest BCUT2D eigenvalue weighted by Gasteiger charge is 2.42. The van der Waals surface area contributed by atoms with E-state index in [1.54, 1.807) is 18.1 Å². The van der Waals surface area contributed by atoms with Gasteiger partial charge >= 0.3 is 0 Å². The number of H-pyrrole nitrogens is 1. The number of ether oxygens (including phenoxy) is 1. The van der Waals surface area contributed by atoms with E-state index in [0.717, 1.165) is 22.4 Å². The van der Waals surface area contributed by atoms with Gasteiger partial charge in [-0.2, -0.15) is 5.10 Å². The summed E-state index contributed by atoms with van der Waals surface area (Å²) in [5, 5.41) is 27.0. The summed E-state index contributed by atoms with van der Waals surface area (Å²) in [6, 6.07) is 12.5. The lowest BCUT2D eigenvalue weighted by atomic mass is 9.95. The molecule has 1 aliphatic rings. The summed E-state index contributed by atoms with van der Waals surface area (Å²) in [5.74, 6) is 0.670. The fourth-order valence-corrected chi connectivity index (χ4v) is 3.85. The van der Waals surface area contributed by atoms with Gasteiger partial charge in [0, 0.05) is 24.3 Å². The second-order valence-electron chi connectivity index (χ2n) is 7.13. The number of nitrogens with one attached hydrogen (secondary N) is 1. The molecular formula is C22H23N3O4. The Balaban J connectivity index is 1.87. The van der Waals surface area contributed by atoms with Crippen LogP contribution in [0.4, 0.5) is 0 Å². The zero-order valence-electron chi connectivity index (χ0n) is 16.3. The highest BCUT2D eigenvalue weighted by Crippen LogP contribution is 2.44. The topological polar surface area (TPSA) is 98.7 Å². The Morgan fingerprint density at radius 2 is 1.97 bits per heavy atom. The standard InChI is InChI=1S/C22H23N3O4/c1-13-4-9-17(27)16(12-13)19-18-20(24-23-19)22(28)25(10-3-11-26)21(18)14-5-7-15(29-2)8-6-14/h4-9,12,21,26-27H,3,10-11H2,1-2H3,(H,23,24)/t21-/m0/s1. The molecule has 3 aromatic rings. The quantitative estimate of drug-likeness (QED) is 0.598. The molecule has 0 saturated heterocycles. The number of phenolic OH excluding ortho intramolecular Hbond substituents is 1. The van der Waals surface area contributed by atoms with E-state index in [0.29, 0.717) is 29.9 Å². The molecule has 0 saturated carbocycles. The van der Waals surface area contributed by atoms with Crippen LogP contribution in [0, 0.1) is 6.92 Å². The van der Waals surface area contributed by atoms with Crippen LogP contribution < -0.4 is 4.74 Å². The summed E-state index contributed by atoms with van der Waals surface area (Å²) in [5.41, 5.74) is 4.18. The maximum Gasteiger partial charge on any atom is 0.273 e. The molecule has 1 atom stereocenters. The van der Waals surface area contributed by atoms with E-state index in [1.807, 2.05) is 43.3 Å². The molecule has 0 aliphatic carbocycles. The highest BCUT2D eigenvalue weighted by molar-refractivity contribution is 6.00. The molecule has 1 aromatic heterocycles. The number of aromatic hydroxyl groups is 1. The molecule has 29 heavy (non-hydrogen) atoms. The maximum atomic E-state index is 13.1. The number of amides is 1. The second kappa shape index (κ2) is 7.60. The van der Waals surface area contributed by atoms with Crippen LogP contribution in [-0.2, 0) is 0 Å². The molecule has 2 aromatic carbocycles. The lowest BCUT2D eigenvalue weighted by molar-refractivity contribution is 0.0732. The third-order valence-corrected chi connectivity index (χ3v) is 5.26. The van der Waals surface area contributed by atoms with Gasteiger partial charge in [-0.1, -0.05) is 23.8 Å². The third kappa shape index (κ3) is 3.23. The molecule has 2 heterocycles. The second-order valence-corrected chi connectivity index (χ2v) is 7.13. The van der Waals surface area contributed by atoms with Gasteiger partial charge in [0.2, 0.25) is 0 Å². The summed E-state index contributed by atoms with van der Waals surface area (Å²) in [6.45, 7) is 2.35. The van der Waals surface area contributed by atoms with Crippen molar-refractivity contribution >= 4 is 5.91 Å². The van der Waals surface area contributed by atoms with E-state index >= 15 is 0 Å². The number of aromatic amines is 1. The van der Waals surface area contributed by atoms with Gasteiger partial charge in [0.1, 0.15) is 22.9 Å². The number of carbonyl (C=O) groups excluding carboxylic acids is 1. The van der Waals surface area contributed by atoms with Gasteiger partial charge in [-0.15, -0.1) is 0 Å². The van der Waals surface area contributed by atoms with E-state index in [2.05, 4.69) is 10.2 Å². The molecule has 150 valence electrons. The minimum atomic E-state index is -0.372. The number of aliphatic hydroxyl groups is 1. The van der Waals surface area contributed by atoms with E-state index in [4.69, 9.17) is 4.74 Å². The number of rotatable bonds is 6. The van der Waals surface area contributed by atoms with Gasteiger partial charge in [-0.3, -0.25) is 9.89 Å². The summed E-state index contributed by atoms with van der Waals surface area (Å²) >= 11 is 0. The predicted molar refractivity (Wildman–Crippen MR) is 108 cm³/mol. The van der Waals surface area contributed by atoms with Crippen LogP contribution in [0.3, 0.4) is 0 Å². The molecule has 0 spiro atoms. The van der Waals surface area contributed by atoms with Crippen molar-refractivity contribution in [2.24, 2.45) is 0 Å². The van der Waals surface area contributed by atoms with Crippen molar-refractivity contribution in [2.45, 2.75) is 19.4 Å². The lowest BCUT2D eigenvalue weighted by Gasteiger charge is -2.26. The number of nitrogens with zero attached hydrogens (tertiary/aromatic N) is 2. The van der Waals surface area contributed by atoms with E-state index < -0.39 is 0 Å². The maximum absolute atomic E-state index is 13.1. The molecule has 0 fully saturated rings. The average Bonchev–Trinajstić information content (AvgIpc) is 3.27. The Morgan fingerprint density at radius 1 is 1.21 bits per heavy atom. The van der Waals surface area contributed by atoms with Gasteiger partial charge in [-0.25, -0.2) is 0 Å². The third-order valence-electron chi connectivity index (χ3n) is 5.26. The van der Waals surface area contributed by atoms with Crippen molar-refractivity contribution < 1.29 is 19.7 Å². The van der Waals surface area contributed by atoms with E-state index in [9.17, 15) is 15.0 Å². The van der Waals surface area contributed by atoms with Crippen LogP contribution in [-0.4, -0.2) is 51.5 Å². The van der Waals surface area contributed by atoms with Crippen molar-refractivity contribution in [1.29, 1.82) is 0 Å². The van der Waals surface area contributed by atoms with Crippen molar-refractivity contribution in [2.75, 3.05) is 20.3 Å². The van der Waals surface area contributed by atoms with Crippen molar-refractivity contribution in [3.8, 4) is 22.8 Å². The number of methoxy groups -OCH3 is 1. The van der Waals surface area contributed by atoms with Crippen LogP contribution in [0.5, 0.6) is 11.5 Å². The van der Waals surface area contributed by atoms with Crippen LogP contribution in [0.2, 0.25) is 0 Å². The molecule has 0 radical (unpaired) electrons. The molecular weight excluding hydrogens is 370 g/mol. The molecule has 0 unspecified atom stereocenters. The van der Waals surface area contributed by atoms with Crippen LogP contribution in [0.25, 0.3) is 11.3 Å². The number of phenols is 1. The number of carbonyl (C=O) groups is 1. The highest BCUT2D eigenvalue weighted by atomic mass is 16.5. The van der Waals surface area contributed by atoms with E-state index in [-0.39, 0.29) is 24.3 Å². The fourth-order valence-electron chi connectivity index (χ4n) is 3.85. The molecule has 0 bridgehead atoms. The Bertz CT molecular complexity index is 1040. The Morgan fingerprint density at radius 3 is 2.66 bits per heavy atom. The molecule has 4 rings (SSSR count). The molecule has 7 heteroatoms. The number of aliphatic hydroxyl groups excluding tert-OH is 1.